The lowest BCUT2D eigenvalue weighted by molar-refractivity contribution is 1.11. The molecule has 0 amide bonds. The van der Waals surface area contributed by atoms with E-state index in [1.165, 1.54) is 0 Å². The maximum absolute atomic E-state index is 5.82. The van der Waals surface area contributed by atoms with Gasteiger partial charge in [-0.25, -0.2) is 0 Å². The number of rotatable bonds is 2. The third-order valence-corrected chi connectivity index (χ3v) is 2.19. The topological polar surface area (TPSA) is 3.24 Å². The Hall–Kier alpha value is -0.400. The predicted molar refractivity (Wildman–Crippen MR) is 55.3 cm³/mol. The van der Waals surface area contributed by atoms with Crippen LogP contribution in [0.4, 0.5) is 5.69 Å². The number of halogens is 2. The minimum Gasteiger partial charge on any atom is -0.377 e. The smallest absolute Gasteiger partial charge is 0.0495 e. The van der Waals surface area contributed by atoms with E-state index in [-0.39, 0.29) is 0 Å². The van der Waals surface area contributed by atoms with Crippen molar-refractivity contribution in [2.45, 2.75) is 5.88 Å². The maximum Gasteiger partial charge on any atom is 0.0495 e. The Labute approximate surface area is 82.9 Å². The van der Waals surface area contributed by atoms with Gasteiger partial charge in [0.15, 0.2) is 0 Å². The molecule has 0 aliphatic rings. The van der Waals surface area contributed by atoms with Crippen LogP contribution in [0.3, 0.4) is 0 Å². The van der Waals surface area contributed by atoms with Crippen LogP contribution in [-0.4, -0.2) is 14.1 Å². The molecule has 12 heavy (non-hydrogen) atoms. The molecule has 1 nitrogen and oxygen atoms in total. The molecular weight excluding hydrogens is 193 g/mol. The van der Waals surface area contributed by atoms with E-state index >= 15 is 0 Å². The summed E-state index contributed by atoms with van der Waals surface area (Å²) in [5.41, 5.74) is 2.18. The first-order valence-corrected chi connectivity index (χ1v) is 4.58. The van der Waals surface area contributed by atoms with Crippen molar-refractivity contribution in [2.75, 3.05) is 19.0 Å². The number of benzene rings is 1. The summed E-state index contributed by atoms with van der Waals surface area (Å²) in [5.74, 6) is 0.494. The largest absolute Gasteiger partial charge is 0.377 e. The van der Waals surface area contributed by atoms with Gasteiger partial charge in [0.25, 0.3) is 0 Å². The molecule has 0 saturated heterocycles. The fourth-order valence-electron chi connectivity index (χ4n) is 1.10. The first-order valence-electron chi connectivity index (χ1n) is 3.67. The van der Waals surface area contributed by atoms with E-state index < -0.39 is 0 Å². The van der Waals surface area contributed by atoms with Gasteiger partial charge in [0.1, 0.15) is 0 Å². The maximum atomic E-state index is 5.82. The second-order valence-electron chi connectivity index (χ2n) is 2.80. The molecular formula is C9H11Cl2N. The summed E-state index contributed by atoms with van der Waals surface area (Å²) in [7, 11) is 3.97. The zero-order chi connectivity index (χ0) is 9.14. The van der Waals surface area contributed by atoms with Gasteiger partial charge in [-0.3, -0.25) is 0 Å². The summed E-state index contributed by atoms with van der Waals surface area (Å²) < 4.78 is 0. The molecule has 0 aliphatic carbocycles. The third-order valence-electron chi connectivity index (χ3n) is 1.67. The van der Waals surface area contributed by atoms with Crippen LogP contribution in [0.25, 0.3) is 0 Å². The molecule has 0 aliphatic heterocycles. The monoisotopic (exact) mass is 203 g/mol. The van der Waals surface area contributed by atoms with E-state index in [1.54, 1.807) is 0 Å². The van der Waals surface area contributed by atoms with Gasteiger partial charge in [-0.1, -0.05) is 11.6 Å². The normalized spacial score (nSPS) is 10.0. The Morgan fingerprint density at radius 1 is 1.33 bits per heavy atom. The van der Waals surface area contributed by atoms with Crippen molar-refractivity contribution in [3.8, 4) is 0 Å². The van der Waals surface area contributed by atoms with Crippen molar-refractivity contribution in [1.29, 1.82) is 0 Å². The highest BCUT2D eigenvalue weighted by atomic mass is 35.5. The summed E-state index contributed by atoms with van der Waals surface area (Å²) in [4.78, 5) is 2.02. The fourth-order valence-corrected chi connectivity index (χ4v) is 1.51. The Morgan fingerprint density at radius 3 is 2.50 bits per heavy atom. The van der Waals surface area contributed by atoms with E-state index in [4.69, 9.17) is 23.2 Å². The van der Waals surface area contributed by atoms with Crippen molar-refractivity contribution in [3.63, 3.8) is 0 Å². The molecule has 0 atom stereocenters. The van der Waals surface area contributed by atoms with Crippen molar-refractivity contribution >= 4 is 28.9 Å². The summed E-state index contributed by atoms with van der Waals surface area (Å²) >= 11 is 11.6. The van der Waals surface area contributed by atoms with Gasteiger partial charge in [-0.15, -0.1) is 11.6 Å². The van der Waals surface area contributed by atoms with Gasteiger partial charge in [0, 0.05) is 30.7 Å². The highest BCUT2D eigenvalue weighted by Gasteiger charge is 2.03. The van der Waals surface area contributed by atoms with Gasteiger partial charge in [-0.05, 0) is 23.8 Å². The average Bonchev–Trinajstić information content (AvgIpc) is 2.03. The Morgan fingerprint density at radius 2 is 2.00 bits per heavy atom. The first-order chi connectivity index (χ1) is 5.65. The molecule has 0 bridgehead atoms. The third kappa shape index (κ3) is 2.05. The van der Waals surface area contributed by atoms with E-state index in [1.807, 2.05) is 37.2 Å². The standard InChI is InChI=1S/C9H11Cl2N/c1-12(2)9-4-3-8(11)5-7(9)6-10/h3-5H,6H2,1-2H3. The van der Waals surface area contributed by atoms with Crippen LogP contribution in [-0.2, 0) is 5.88 Å². The number of hydrogen-bond acceptors (Lipinski definition) is 1. The molecule has 0 saturated carbocycles. The van der Waals surface area contributed by atoms with E-state index in [2.05, 4.69) is 0 Å². The molecule has 0 unspecified atom stereocenters. The number of hydrogen-bond donors (Lipinski definition) is 0. The fraction of sp³-hybridized carbons (Fsp3) is 0.333. The van der Waals surface area contributed by atoms with Crippen LogP contribution in [0.5, 0.6) is 0 Å². The summed E-state index contributed by atoms with van der Waals surface area (Å²) in [6, 6.07) is 5.73. The minimum atomic E-state index is 0.494. The van der Waals surface area contributed by atoms with Crippen LogP contribution in [0.1, 0.15) is 5.56 Å². The summed E-state index contributed by atoms with van der Waals surface area (Å²) in [5, 5.41) is 0.733. The number of anilines is 1. The number of nitrogens with zero attached hydrogens (tertiary/aromatic N) is 1. The van der Waals surface area contributed by atoms with E-state index in [0.29, 0.717) is 5.88 Å². The molecule has 0 aromatic heterocycles. The Bertz CT molecular complexity index is 271. The second-order valence-corrected chi connectivity index (χ2v) is 3.50. The lowest BCUT2D eigenvalue weighted by atomic mass is 10.2. The van der Waals surface area contributed by atoms with E-state index in [0.717, 1.165) is 16.3 Å². The zero-order valence-electron chi connectivity index (χ0n) is 7.14. The summed E-state index contributed by atoms with van der Waals surface area (Å²) in [6.45, 7) is 0. The lowest BCUT2D eigenvalue weighted by Gasteiger charge is -2.16. The van der Waals surface area contributed by atoms with Gasteiger partial charge >= 0.3 is 0 Å². The molecule has 0 heterocycles. The Balaban J connectivity index is 3.11. The minimum absolute atomic E-state index is 0.494. The predicted octanol–water partition coefficient (Wildman–Crippen LogP) is 3.14. The zero-order valence-corrected chi connectivity index (χ0v) is 8.65. The molecule has 66 valence electrons. The van der Waals surface area contributed by atoms with Gasteiger partial charge in [0.2, 0.25) is 0 Å². The van der Waals surface area contributed by atoms with Gasteiger partial charge < -0.3 is 4.90 Å². The van der Waals surface area contributed by atoms with E-state index in [9.17, 15) is 0 Å². The van der Waals surface area contributed by atoms with Crippen LogP contribution in [0, 0.1) is 0 Å². The lowest BCUT2D eigenvalue weighted by Crippen LogP contribution is -2.10. The van der Waals surface area contributed by atoms with Crippen LogP contribution >= 0.6 is 23.2 Å². The van der Waals surface area contributed by atoms with Crippen molar-refractivity contribution in [3.05, 3.63) is 28.8 Å². The molecule has 0 radical (unpaired) electrons. The molecule has 0 N–H and O–H groups in total. The molecule has 1 rings (SSSR count). The van der Waals surface area contributed by atoms with Crippen LogP contribution in [0.2, 0.25) is 5.02 Å². The van der Waals surface area contributed by atoms with Crippen molar-refractivity contribution in [2.24, 2.45) is 0 Å². The highest BCUT2D eigenvalue weighted by molar-refractivity contribution is 6.30. The average molecular weight is 204 g/mol. The van der Waals surface area contributed by atoms with Crippen LogP contribution < -0.4 is 4.90 Å². The van der Waals surface area contributed by atoms with Crippen molar-refractivity contribution in [1.82, 2.24) is 0 Å². The van der Waals surface area contributed by atoms with Crippen molar-refractivity contribution < 1.29 is 0 Å². The second kappa shape index (κ2) is 4.01. The molecule has 3 heteroatoms. The molecule has 0 fully saturated rings. The van der Waals surface area contributed by atoms with Gasteiger partial charge in [-0.2, -0.15) is 0 Å². The molecule has 1 aromatic carbocycles. The molecule has 1 aromatic rings. The first kappa shape index (κ1) is 9.69. The summed E-state index contributed by atoms with van der Waals surface area (Å²) in [6.07, 6.45) is 0. The Kier molecular flexibility index (Phi) is 3.24. The molecule has 0 spiro atoms. The highest BCUT2D eigenvalue weighted by Crippen LogP contribution is 2.23. The van der Waals surface area contributed by atoms with Crippen LogP contribution in [0.15, 0.2) is 18.2 Å². The van der Waals surface area contributed by atoms with Gasteiger partial charge in [0.05, 0.1) is 0 Å². The number of alkyl halides is 1. The SMILES string of the molecule is CN(C)c1ccc(Cl)cc1CCl. The quantitative estimate of drug-likeness (QED) is 0.669.